The van der Waals surface area contributed by atoms with Gasteiger partial charge in [-0.15, -0.1) is 5.43 Å². The lowest BCUT2D eigenvalue weighted by molar-refractivity contribution is -0.677. The molecule has 0 amide bonds. The summed E-state index contributed by atoms with van der Waals surface area (Å²) in [6.07, 6.45) is 1.69. The summed E-state index contributed by atoms with van der Waals surface area (Å²) in [5, 5.41) is 7.34. The molecule has 0 bridgehead atoms. The number of aromatic nitrogens is 1. The Bertz CT molecular complexity index is 515. The van der Waals surface area contributed by atoms with Crippen molar-refractivity contribution < 1.29 is 26.0 Å². The van der Waals surface area contributed by atoms with Gasteiger partial charge in [0.15, 0.2) is 0 Å². The molecule has 1 N–H and O–H groups in total. The monoisotopic (exact) mass is 329 g/mol. The van der Waals surface area contributed by atoms with E-state index in [0.29, 0.717) is 0 Å². The van der Waals surface area contributed by atoms with Crippen LogP contribution in [0, 0.1) is 6.92 Å². The predicted octanol–water partition coefficient (Wildman–Crippen LogP) is -0.203. The third-order valence-electron chi connectivity index (χ3n) is 2.28. The molecule has 0 aromatic carbocycles. The number of furan rings is 1. The molecule has 18 heavy (non-hydrogen) atoms. The number of thiazole rings is 1. The Morgan fingerprint density at radius 3 is 2.89 bits per heavy atom. The van der Waals surface area contributed by atoms with E-state index >= 15 is 0 Å². The number of hydrazone groups is 1. The second-order valence-corrected chi connectivity index (χ2v) is 4.88. The third-order valence-corrected chi connectivity index (χ3v) is 3.28. The van der Waals surface area contributed by atoms with Crippen LogP contribution in [0.5, 0.6) is 0 Å². The van der Waals surface area contributed by atoms with Crippen LogP contribution in [-0.4, -0.2) is 5.71 Å². The van der Waals surface area contributed by atoms with Gasteiger partial charge in [0.2, 0.25) is 0 Å². The lowest BCUT2D eigenvalue weighted by Gasteiger charge is -1.99. The highest BCUT2D eigenvalue weighted by Gasteiger charge is 2.16. The quantitative estimate of drug-likeness (QED) is 0.479. The molecule has 6 heteroatoms. The first-order valence-electron chi connectivity index (χ1n) is 5.44. The topological polar surface area (TPSA) is 41.4 Å². The smallest absolute Gasteiger partial charge is 0.359 e. The van der Waals surface area contributed by atoms with Crippen LogP contribution in [0.2, 0.25) is 0 Å². The van der Waals surface area contributed by atoms with Crippen LogP contribution < -0.4 is 27.0 Å². The molecule has 0 atom stereocenters. The molecule has 2 aromatic heterocycles. The van der Waals surface area contributed by atoms with Gasteiger partial charge in [0, 0.05) is 5.38 Å². The zero-order valence-electron chi connectivity index (χ0n) is 10.6. The van der Waals surface area contributed by atoms with Gasteiger partial charge in [0.25, 0.3) is 0 Å². The van der Waals surface area contributed by atoms with Crippen molar-refractivity contribution in [2.24, 2.45) is 5.10 Å². The van der Waals surface area contributed by atoms with Crippen molar-refractivity contribution in [1.29, 1.82) is 0 Å². The number of hydrogen-bond donors (Lipinski definition) is 1. The number of aryl methyl sites for hydroxylation is 1. The predicted molar refractivity (Wildman–Crippen MR) is 69.5 cm³/mol. The summed E-state index contributed by atoms with van der Waals surface area (Å²) in [6.45, 7) is 6.73. The summed E-state index contributed by atoms with van der Waals surface area (Å²) >= 11 is 1.64. The molecule has 0 saturated carbocycles. The van der Waals surface area contributed by atoms with Crippen molar-refractivity contribution in [3.63, 3.8) is 0 Å². The van der Waals surface area contributed by atoms with E-state index in [0.717, 1.165) is 23.1 Å². The Morgan fingerprint density at radius 1 is 1.50 bits per heavy atom. The van der Waals surface area contributed by atoms with Gasteiger partial charge >= 0.3 is 5.13 Å². The lowest BCUT2D eigenvalue weighted by atomic mass is 10.4. The molecule has 0 aliphatic heterocycles. The average Bonchev–Trinajstić information content (AvgIpc) is 2.89. The molecule has 4 nitrogen and oxygen atoms in total. The first kappa shape index (κ1) is 14.9. The Hall–Kier alpha value is -1.14. The number of hydrogen-bond acceptors (Lipinski definition) is 4. The number of anilines is 1. The van der Waals surface area contributed by atoms with Gasteiger partial charge in [-0.1, -0.05) is 16.4 Å². The van der Waals surface area contributed by atoms with Crippen molar-refractivity contribution in [3.8, 4) is 0 Å². The van der Waals surface area contributed by atoms with E-state index in [1.165, 1.54) is 5.69 Å². The van der Waals surface area contributed by atoms with Crippen LogP contribution in [0.15, 0.2) is 33.3 Å². The van der Waals surface area contributed by atoms with Crippen LogP contribution >= 0.6 is 11.3 Å². The Morgan fingerprint density at radius 2 is 2.28 bits per heavy atom. The molecule has 2 rings (SSSR count). The molecule has 98 valence electrons. The zero-order chi connectivity index (χ0) is 12.3. The van der Waals surface area contributed by atoms with E-state index in [4.69, 9.17) is 4.42 Å². The van der Waals surface area contributed by atoms with Crippen LogP contribution in [0.25, 0.3) is 0 Å². The van der Waals surface area contributed by atoms with Gasteiger partial charge in [0.1, 0.15) is 18.0 Å². The van der Waals surface area contributed by atoms with Crippen LogP contribution in [0.4, 0.5) is 5.13 Å². The van der Waals surface area contributed by atoms with Gasteiger partial charge in [-0.2, -0.15) is 0 Å². The minimum absolute atomic E-state index is 0. The highest BCUT2D eigenvalue weighted by Crippen LogP contribution is 2.14. The Labute approximate surface area is 121 Å². The molecule has 0 aliphatic carbocycles. The average molecular weight is 330 g/mol. The highest BCUT2D eigenvalue weighted by atomic mass is 79.9. The summed E-state index contributed by atoms with van der Waals surface area (Å²) in [4.78, 5) is 0. The number of rotatable bonds is 4. The van der Waals surface area contributed by atoms with Gasteiger partial charge in [-0.3, -0.25) is 0 Å². The van der Waals surface area contributed by atoms with Crippen molar-refractivity contribution in [1.82, 2.24) is 0 Å². The molecule has 0 radical (unpaired) electrons. The normalized spacial score (nSPS) is 9.72. The van der Waals surface area contributed by atoms with E-state index in [2.05, 4.69) is 27.4 Å². The van der Waals surface area contributed by atoms with Crippen molar-refractivity contribution >= 4 is 22.2 Å². The number of nitrogens with zero attached hydrogens (tertiary/aromatic N) is 2. The summed E-state index contributed by atoms with van der Waals surface area (Å²) in [5.41, 5.74) is 5.27. The molecular weight excluding hydrogens is 314 g/mol. The molecular formula is C12H16BrN3OS. The van der Waals surface area contributed by atoms with Gasteiger partial charge in [-0.05, 0) is 32.9 Å². The highest BCUT2D eigenvalue weighted by molar-refractivity contribution is 7.13. The van der Waals surface area contributed by atoms with E-state index in [9.17, 15) is 0 Å². The first-order chi connectivity index (χ1) is 8.16. The molecule has 0 saturated heterocycles. The van der Waals surface area contributed by atoms with Gasteiger partial charge < -0.3 is 21.4 Å². The number of halogens is 1. The van der Waals surface area contributed by atoms with Gasteiger partial charge in [-0.25, -0.2) is 4.57 Å². The molecule has 2 aromatic rings. The van der Waals surface area contributed by atoms with Crippen LogP contribution in [0.1, 0.15) is 25.3 Å². The fourth-order valence-electron chi connectivity index (χ4n) is 1.43. The summed E-state index contributed by atoms with van der Waals surface area (Å²) in [5.74, 6) is 0.941. The lowest BCUT2D eigenvalue weighted by Crippen LogP contribution is -3.00. The largest absolute Gasteiger partial charge is 1.00 e. The Kier molecular flexibility index (Phi) is 5.55. The van der Waals surface area contributed by atoms with E-state index in [1.807, 2.05) is 26.0 Å². The van der Waals surface area contributed by atoms with E-state index in [1.54, 1.807) is 17.6 Å². The first-order valence-corrected chi connectivity index (χ1v) is 6.32. The van der Waals surface area contributed by atoms with Crippen LogP contribution in [-0.2, 0) is 6.54 Å². The summed E-state index contributed by atoms with van der Waals surface area (Å²) < 4.78 is 7.51. The maximum atomic E-state index is 5.36. The standard InChI is InChI=1S/C12H15N3OS.BrH/c1-9(2)13-14-12-15(10(3)8-17-12)7-11-5-4-6-16-11;/h4-6,8H,7H2,1-3H3;1H. The van der Waals surface area contributed by atoms with Crippen molar-refractivity contribution in [2.75, 3.05) is 5.43 Å². The van der Waals surface area contributed by atoms with Gasteiger partial charge in [0.05, 0.1) is 12.0 Å². The second kappa shape index (κ2) is 6.70. The van der Waals surface area contributed by atoms with E-state index in [-0.39, 0.29) is 17.0 Å². The maximum absolute atomic E-state index is 5.36. The van der Waals surface area contributed by atoms with Crippen molar-refractivity contribution in [3.05, 3.63) is 35.2 Å². The molecule has 0 spiro atoms. The maximum Gasteiger partial charge on any atom is 0.359 e. The number of nitrogens with one attached hydrogen (secondary N) is 1. The molecule has 0 aliphatic rings. The van der Waals surface area contributed by atoms with E-state index < -0.39 is 0 Å². The van der Waals surface area contributed by atoms with Crippen molar-refractivity contribution in [2.45, 2.75) is 27.3 Å². The second-order valence-electron chi connectivity index (χ2n) is 4.02. The fraction of sp³-hybridized carbons (Fsp3) is 0.333. The Balaban J connectivity index is 0.00000162. The fourth-order valence-corrected chi connectivity index (χ4v) is 2.27. The summed E-state index contributed by atoms with van der Waals surface area (Å²) in [7, 11) is 0. The SMILES string of the molecule is CC(C)=NNc1scc(C)[n+]1Cc1ccco1.[Br-]. The zero-order valence-corrected chi connectivity index (χ0v) is 13.0. The third kappa shape index (κ3) is 3.68. The molecule has 0 fully saturated rings. The molecule has 2 heterocycles. The summed E-state index contributed by atoms with van der Waals surface area (Å²) in [6, 6.07) is 3.88. The molecule has 0 unspecified atom stereocenters. The minimum Gasteiger partial charge on any atom is -1.00 e. The minimum atomic E-state index is 0. The van der Waals surface area contributed by atoms with Crippen LogP contribution in [0.3, 0.4) is 0 Å².